The number of ether oxygens (including phenoxy) is 1. The Hall–Kier alpha value is -0.830. The van der Waals surface area contributed by atoms with E-state index in [1.807, 2.05) is 6.08 Å². The molecule has 0 unspecified atom stereocenters. The maximum absolute atomic E-state index is 10.9. The SMILES string of the molecule is COC(=O)C(C)=CCNC1CC1. The first kappa shape index (κ1) is 9.26. The Balaban J connectivity index is 2.19. The quantitative estimate of drug-likeness (QED) is 0.501. The van der Waals surface area contributed by atoms with Crippen molar-refractivity contribution in [2.75, 3.05) is 13.7 Å². The number of rotatable bonds is 4. The molecule has 0 aromatic heterocycles. The molecule has 3 nitrogen and oxygen atoms in total. The molecule has 0 saturated heterocycles. The van der Waals surface area contributed by atoms with Crippen LogP contribution in [0.1, 0.15) is 19.8 Å². The molecule has 1 aliphatic rings. The van der Waals surface area contributed by atoms with E-state index < -0.39 is 0 Å². The normalized spacial score (nSPS) is 17.7. The van der Waals surface area contributed by atoms with Crippen LogP contribution in [0.25, 0.3) is 0 Å². The van der Waals surface area contributed by atoms with Crippen LogP contribution in [-0.4, -0.2) is 25.7 Å². The van der Waals surface area contributed by atoms with E-state index in [2.05, 4.69) is 10.1 Å². The minimum Gasteiger partial charge on any atom is -0.466 e. The third-order valence-electron chi connectivity index (χ3n) is 1.90. The average Bonchev–Trinajstić information content (AvgIpc) is 2.86. The van der Waals surface area contributed by atoms with Gasteiger partial charge >= 0.3 is 5.97 Å². The summed E-state index contributed by atoms with van der Waals surface area (Å²) in [5, 5.41) is 3.28. The van der Waals surface area contributed by atoms with E-state index in [1.165, 1.54) is 20.0 Å². The summed E-state index contributed by atoms with van der Waals surface area (Å²) in [7, 11) is 1.40. The lowest BCUT2D eigenvalue weighted by atomic mass is 10.3. The first-order valence-corrected chi connectivity index (χ1v) is 4.22. The zero-order chi connectivity index (χ0) is 8.97. The predicted molar refractivity (Wildman–Crippen MR) is 46.8 cm³/mol. The number of carbonyl (C=O) groups excluding carboxylic acids is 1. The average molecular weight is 169 g/mol. The van der Waals surface area contributed by atoms with Gasteiger partial charge in [-0.05, 0) is 19.8 Å². The predicted octanol–water partition coefficient (Wildman–Crippen LogP) is 0.858. The highest BCUT2D eigenvalue weighted by molar-refractivity contribution is 5.87. The van der Waals surface area contributed by atoms with Crippen molar-refractivity contribution in [3.8, 4) is 0 Å². The molecule has 12 heavy (non-hydrogen) atoms. The van der Waals surface area contributed by atoms with Crippen LogP contribution < -0.4 is 5.32 Å². The number of esters is 1. The smallest absolute Gasteiger partial charge is 0.333 e. The summed E-state index contributed by atoms with van der Waals surface area (Å²) in [5.41, 5.74) is 0.672. The second-order valence-electron chi connectivity index (χ2n) is 3.06. The lowest BCUT2D eigenvalue weighted by Crippen LogP contribution is -2.16. The van der Waals surface area contributed by atoms with Crippen molar-refractivity contribution in [1.29, 1.82) is 0 Å². The van der Waals surface area contributed by atoms with Gasteiger partial charge in [-0.2, -0.15) is 0 Å². The first-order valence-electron chi connectivity index (χ1n) is 4.22. The van der Waals surface area contributed by atoms with Gasteiger partial charge in [0.15, 0.2) is 0 Å². The molecule has 1 fully saturated rings. The van der Waals surface area contributed by atoms with E-state index in [9.17, 15) is 4.79 Å². The van der Waals surface area contributed by atoms with Gasteiger partial charge in [0.05, 0.1) is 7.11 Å². The number of hydrogen-bond donors (Lipinski definition) is 1. The van der Waals surface area contributed by atoms with Gasteiger partial charge in [0.25, 0.3) is 0 Å². The van der Waals surface area contributed by atoms with Crippen molar-refractivity contribution < 1.29 is 9.53 Å². The monoisotopic (exact) mass is 169 g/mol. The summed E-state index contributed by atoms with van der Waals surface area (Å²) < 4.78 is 4.55. The van der Waals surface area contributed by atoms with Gasteiger partial charge in [-0.1, -0.05) is 6.08 Å². The van der Waals surface area contributed by atoms with E-state index in [0.29, 0.717) is 11.6 Å². The third-order valence-corrected chi connectivity index (χ3v) is 1.90. The van der Waals surface area contributed by atoms with Crippen LogP contribution >= 0.6 is 0 Å². The summed E-state index contributed by atoms with van der Waals surface area (Å²) in [5.74, 6) is -0.243. The van der Waals surface area contributed by atoms with Crippen molar-refractivity contribution in [3.63, 3.8) is 0 Å². The number of methoxy groups -OCH3 is 1. The summed E-state index contributed by atoms with van der Waals surface area (Å²) in [6.07, 6.45) is 4.40. The fourth-order valence-corrected chi connectivity index (χ4v) is 0.910. The first-order chi connectivity index (χ1) is 5.74. The lowest BCUT2D eigenvalue weighted by molar-refractivity contribution is -0.136. The van der Waals surface area contributed by atoms with E-state index in [1.54, 1.807) is 6.92 Å². The topological polar surface area (TPSA) is 38.3 Å². The molecule has 0 heterocycles. The van der Waals surface area contributed by atoms with Crippen LogP contribution in [0.5, 0.6) is 0 Å². The second-order valence-corrected chi connectivity index (χ2v) is 3.06. The number of nitrogens with one attached hydrogen (secondary N) is 1. The molecule has 0 aromatic rings. The van der Waals surface area contributed by atoms with Crippen LogP contribution in [0.3, 0.4) is 0 Å². The van der Waals surface area contributed by atoms with Crippen LogP contribution in [0.4, 0.5) is 0 Å². The van der Waals surface area contributed by atoms with Gasteiger partial charge in [0, 0.05) is 18.2 Å². The zero-order valence-corrected chi connectivity index (χ0v) is 7.59. The van der Waals surface area contributed by atoms with Gasteiger partial charge in [-0.25, -0.2) is 4.79 Å². The van der Waals surface area contributed by atoms with Gasteiger partial charge in [-0.15, -0.1) is 0 Å². The summed E-state index contributed by atoms with van der Waals surface area (Å²) in [4.78, 5) is 10.9. The molecule has 3 heteroatoms. The molecular formula is C9H15NO2. The maximum Gasteiger partial charge on any atom is 0.333 e. The molecule has 0 atom stereocenters. The minimum absolute atomic E-state index is 0.243. The van der Waals surface area contributed by atoms with E-state index in [-0.39, 0.29) is 5.97 Å². The molecule has 1 rings (SSSR count). The fraction of sp³-hybridized carbons (Fsp3) is 0.667. The second kappa shape index (κ2) is 4.26. The molecule has 1 aliphatic carbocycles. The molecule has 68 valence electrons. The third kappa shape index (κ3) is 3.05. The zero-order valence-electron chi connectivity index (χ0n) is 7.59. The molecule has 1 saturated carbocycles. The van der Waals surface area contributed by atoms with E-state index in [0.717, 1.165) is 6.54 Å². The maximum atomic E-state index is 10.9. The Morgan fingerprint density at radius 1 is 1.67 bits per heavy atom. The van der Waals surface area contributed by atoms with Gasteiger partial charge in [0.1, 0.15) is 0 Å². The van der Waals surface area contributed by atoms with Gasteiger partial charge in [0.2, 0.25) is 0 Å². The Morgan fingerprint density at radius 3 is 2.83 bits per heavy atom. The van der Waals surface area contributed by atoms with E-state index >= 15 is 0 Å². The Labute approximate surface area is 72.8 Å². The Morgan fingerprint density at radius 2 is 2.33 bits per heavy atom. The largest absolute Gasteiger partial charge is 0.466 e. The minimum atomic E-state index is -0.243. The van der Waals surface area contributed by atoms with Crippen LogP contribution in [0, 0.1) is 0 Å². The molecule has 0 spiro atoms. The molecule has 0 amide bonds. The summed E-state index contributed by atoms with van der Waals surface area (Å²) in [6, 6.07) is 0.687. The molecule has 0 bridgehead atoms. The standard InChI is InChI=1S/C9H15NO2/c1-7(9(11)12-2)5-6-10-8-3-4-8/h5,8,10H,3-4,6H2,1-2H3. The summed E-state index contributed by atoms with van der Waals surface area (Å²) in [6.45, 7) is 2.53. The Kier molecular flexibility index (Phi) is 3.29. The highest BCUT2D eigenvalue weighted by atomic mass is 16.5. The molecule has 0 aromatic carbocycles. The summed E-state index contributed by atoms with van der Waals surface area (Å²) >= 11 is 0. The highest BCUT2D eigenvalue weighted by Crippen LogP contribution is 2.18. The van der Waals surface area contributed by atoms with Crippen LogP contribution in [0.2, 0.25) is 0 Å². The fourth-order valence-electron chi connectivity index (χ4n) is 0.910. The van der Waals surface area contributed by atoms with Crippen molar-refractivity contribution in [3.05, 3.63) is 11.6 Å². The van der Waals surface area contributed by atoms with Crippen molar-refractivity contribution >= 4 is 5.97 Å². The molecular weight excluding hydrogens is 154 g/mol. The van der Waals surface area contributed by atoms with Crippen molar-refractivity contribution in [2.45, 2.75) is 25.8 Å². The van der Waals surface area contributed by atoms with E-state index in [4.69, 9.17) is 0 Å². The van der Waals surface area contributed by atoms with Crippen molar-refractivity contribution in [2.24, 2.45) is 0 Å². The van der Waals surface area contributed by atoms with Crippen LogP contribution in [0.15, 0.2) is 11.6 Å². The Bertz CT molecular complexity index is 195. The van der Waals surface area contributed by atoms with Gasteiger partial charge < -0.3 is 10.1 Å². The van der Waals surface area contributed by atoms with Crippen LogP contribution in [-0.2, 0) is 9.53 Å². The van der Waals surface area contributed by atoms with Gasteiger partial charge in [-0.3, -0.25) is 0 Å². The number of carbonyl (C=O) groups is 1. The molecule has 0 aliphatic heterocycles. The molecule has 1 N–H and O–H groups in total. The molecule has 0 radical (unpaired) electrons. The lowest BCUT2D eigenvalue weighted by Gasteiger charge is -1.99. The number of hydrogen-bond acceptors (Lipinski definition) is 3. The highest BCUT2D eigenvalue weighted by Gasteiger charge is 2.19. The van der Waals surface area contributed by atoms with Crippen molar-refractivity contribution in [1.82, 2.24) is 5.32 Å².